The average Bonchev–Trinajstić information content (AvgIpc) is 2.60. The summed E-state index contributed by atoms with van der Waals surface area (Å²) in [6, 6.07) is 7.72. The van der Waals surface area contributed by atoms with Crippen molar-refractivity contribution in [1.29, 1.82) is 0 Å². The van der Waals surface area contributed by atoms with Crippen molar-refractivity contribution in [2.24, 2.45) is 0 Å². The smallest absolute Gasteiger partial charge is 0.410 e. The second kappa shape index (κ2) is 7.89. The van der Waals surface area contributed by atoms with Crippen molar-refractivity contribution >= 4 is 34.5 Å². The molecule has 1 aliphatic rings. The van der Waals surface area contributed by atoms with Crippen molar-refractivity contribution in [3.05, 3.63) is 29.4 Å². The summed E-state index contributed by atoms with van der Waals surface area (Å²) >= 11 is 6.38. The molecule has 1 fully saturated rings. The van der Waals surface area contributed by atoms with E-state index in [4.69, 9.17) is 16.3 Å². The Hall–Kier alpha value is -2.08. The Morgan fingerprint density at radius 3 is 2.59 bits per heavy atom. The lowest BCUT2D eigenvalue weighted by molar-refractivity contribution is 0.0108. The van der Waals surface area contributed by atoms with Crippen LogP contribution in [-0.2, 0) is 4.74 Å². The highest BCUT2D eigenvalue weighted by Gasteiger charge is 2.31. The SMILES string of the molecule is CN(C[C@@H]1CCCCN1C(=O)OC(C)(C)C)c1nc2ccccc2nc1Cl. The Labute approximate surface area is 165 Å². The molecular formula is C20H27ClN4O2. The summed E-state index contributed by atoms with van der Waals surface area (Å²) in [5, 5.41) is 0.371. The van der Waals surface area contributed by atoms with Gasteiger partial charge in [-0.1, -0.05) is 23.7 Å². The van der Waals surface area contributed by atoms with E-state index >= 15 is 0 Å². The number of rotatable bonds is 3. The number of likely N-dealkylation sites (N-methyl/N-ethyl adjacent to an activating group) is 1. The normalized spacial score (nSPS) is 17.8. The molecule has 0 aliphatic carbocycles. The molecule has 1 aromatic carbocycles. The highest BCUT2D eigenvalue weighted by Crippen LogP contribution is 2.26. The van der Waals surface area contributed by atoms with Crippen LogP contribution in [-0.4, -0.2) is 52.7 Å². The van der Waals surface area contributed by atoms with Crippen molar-refractivity contribution < 1.29 is 9.53 Å². The fraction of sp³-hybridized carbons (Fsp3) is 0.550. The van der Waals surface area contributed by atoms with Gasteiger partial charge < -0.3 is 14.5 Å². The highest BCUT2D eigenvalue weighted by molar-refractivity contribution is 6.32. The number of benzene rings is 1. The first kappa shape index (κ1) is 19.7. The average molecular weight is 391 g/mol. The van der Waals surface area contributed by atoms with Gasteiger partial charge in [0.1, 0.15) is 5.60 Å². The molecule has 0 N–H and O–H groups in total. The standard InChI is InChI=1S/C20H27ClN4O2/c1-20(2,3)27-19(26)25-12-8-7-9-14(25)13-24(4)18-17(21)22-15-10-5-6-11-16(15)23-18/h5-6,10-11,14H,7-9,12-13H2,1-4H3/t14-/m0/s1. The predicted octanol–water partition coefficient (Wildman–Crippen LogP) is 4.51. The molecule has 0 unspecified atom stereocenters. The number of anilines is 1. The Bertz CT molecular complexity index is 821. The Morgan fingerprint density at radius 2 is 1.93 bits per heavy atom. The molecule has 7 heteroatoms. The molecule has 2 aromatic rings. The van der Waals surface area contributed by atoms with E-state index in [2.05, 4.69) is 9.97 Å². The number of carbonyl (C=O) groups excluding carboxylic acids is 1. The molecule has 2 heterocycles. The van der Waals surface area contributed by atoms with E-state index < -0.39 is 5.60 Å². The van der Waals surface area contributed by atoms with Gasteiger partial charge in [-0.25, -0.2) is 14.8 Å². The van der Waals surface area contributed by atoms with E-state index in [-0.39, 0.29) is 12.1 Å². The molecule has 1 amide bonds. The van der Waals surface area contributed by atoms with Crippen LogP contribution in [0.1, 0.15) is 40.0 Å². The number of carbonyl (C=O) groups is 1. The number of ether oxygens (including phenoxy) is 1. The second-order valence-electron chi connectivity index (χ2n) is 8.03. The molecule has 1 aromatic heterocycles. The quantitative estimate of drug-likeness (QED) is 0.771. The number of fused-ring (bicyclic) bond motifs is 1. The van der Waals surface area contributed by atoms with E-state index in [0.717, 1.165) is 30.3 Å². The van der Waals surface area contributed by atoms with Gasteiger partial charge in [-0.15, -0.1) is 0 Å². The van der Waals surface area contributed by atoms with Crippen LogP contribution in [0, 0.1) is 0 Å². The van der Waals surface area contributed by atoms with E-state index in [9.17, 15) is 4.79 Å². The van der Waals surface area contributed by atoms with Crippen molar-refractivity contribution in [3.8, 4) is 0 Å². The number of nitrogens with zero attached hydrogens (tertiary/aromatic N) is 4. The zero-order chi connectivity index (χ0) is 19.6. The van der Waals surface area contributed by atoms with E-state index in [1.54, 1.807) is 0 Å². The monoisotopic (exact) mass is 390 g/mol. The summed E-state index contributed by atoms with van der Waals surface area (Å²) < 4.78 is 5.59. The first-order valence-corrected chi connectivity index (χ1v) is 9.75. The third-order valence-electron chi connectivity index (χ3n) is 4.61. The van der Waals surface area contributed by atoms with E-state index in [1.165, 1.54) is 0 Å². The van der Waals surface area contributed by atoms with Crippen LogP contribution >= 0.6 is 11.6 Å². The molecule has 146 valence electrons. The van der Waals surface area contributed by atoms with Gasteiger partial charge in [0, 0.05) is 20.1 Å². The van der Waals surface area contributed by atoms with Gasteiger partial charge in [-0.3, -0.25) is 0 Å². The lowest BCUT2D eigenvalue weighted by atomic mass is 10.0. The zero-order valence-electron chi connectivity index (χ0n) is 16.4. The van der Waals surface area contributed by atoms with Crippen LogP contribution in [0.25, 0.3) is 11.0 Å². The van der Waals surface area contributed by atoms with Gasteiger partial charge in [0.15, 0.2) is 11.0 Å². The van der Waals surface area contributed by atoms with Crippen molar-refractivity contribution in [1.82, 2.24) is 14.9 Å². The van der Waals surface area contributed by atoms with Gasteiger partial charge in [-0.05, 0) is 52.2 Å². The summed E-state index contributed by atoms with van der Waals surface area (Å²) in [6.45, 7) is 7.01. The van der Waals surface area contributed by atoms with E-state index in [0.29, 0.717) is 24.1 Å². The Kier molecular flexibility index (Phi) is 5.75. The molecule has 0 saturated carbocycles. The highest BCUT2D eigenvalue weighted by atomic mass is 35.5. The summed E-state index contributed by atoms with van der Waals surface area (Å²) in [7, 11) is 1.94. The second-order valence-corrected chi connectivity index (χ2v) is 8.39. The first-order valence-electron chi connectivity index (χ1n) is 9.37. The Balaban J connectivity index is 1.78. The maximum Gasteiger partial charge on any atom is 0.410 e. The van der Waals surface area contributed by atoms with Crippen molar-refractivity contribution in [3.63, 3.8) is 0 Å². The number of halogens is 1. The van der Waals surface area contributed by atoms with Crippen LogP contribution in [0.4, 0.5) is 10.6 Å². The first-order chi connectivity index (χ1) is 12.7. The molecule has 27 heavy (non-hydrogen) atoms. The third kappa shape index (κ3) is 4.80. The van der Waals surface area contributed by atoms with Gasteiger partial charge >= 0.3 is 6.09 Å². The van der Waals surface area contributed by atoms with Gasteiger partial charge in [0.2, 0.25) is 0 Å². The number of hydrogen-bond donors (Lipinski definition) is 0. The van der Waals surface area contributed by atoms with Gasteiger partial charge in [-0.2, -0.15) is 0 Å². The van der Waals surface area contributed by atoms with Crippen molar-refractivity contribution in [2.75, 3.05) is 25.0 Å². The van der Waals surface area contributed by atoms with Crippen LogP contribution in [0.5, 0.6) is 0 Å². The van der Waals surface area contributed by atoms with Crippen LogP contribution in [0.2, 0.25) is 5.15 Å². The minimum atomic E-state index is -0.502. The molecule has 6 nitrogen and oxygen atoms in total. The summed E-state index contributed by atoms with van der Waals surface area (Å²) in [4.78, 5) is 25.6. The van der Waals surface area contributed by atoms with Crippen LogP contribution < -0.4 is 4.90 Å². The molecule has 0 spiro atoms. The fourth-order valence-electron chi connectivity index (χ4n) is 3.37. The predicted molar refractivity (Wildman–Crippen MR) is 108 cm³/mol. The number of hydrogen-bond acceptors (Lipinski definition) is 5. The topological polar surface area (TPSA) is 58.6 Å². The number of aromatic nitrogens is 2. The summed E-state index contributed by atoms with van der Waals surface area (Å²) in [6.07, 6.45) is 2.77. The van der Waals surface area contributed by atoms with Crippen LogP contribution in [0.3, 0.4) is 0 Å². The minimum Gasteiger partial charge on any atom is -0.444 e. The molecule has 0 radical (unpaired) electrons. The van der Waals surface area contributed by atoms with Gasteiger partial charge in [0.05, 0.1) is 17.1 Å². The van der Waals surface area contributed by atoms with Gasteiger partial charge in [0.25, 0.3) is 0 Å². The maximum absolute atomic E-state index is 12.6. The molecule has 1 aliphatic heterocycles. The Morgan fingerprint density at radius 1 is 1.26 bits per heavy atom. The summed E-state index contributed by atoms with van der Waals surface area (Å²) in [5.74, 6) is 0.630. The number of likely N-dealkylation sites (tertiary alicyclic amines) is 1. The number of amides is 1. The molecular weight excluding hydrogens is 364 g/mol. The molecule has 1 atom stereocenters. The fourth-order valence-corrected chi connectivity index (χ4v) is 3.64. The number of piperidine rings is 1. The molecule has 1 saturated heterocycles. The minimum absolute atomic E-state index is 0.0583. The summed E-state index contributed by atoms with van der Waals surface area (Å²) in [5.41, 5.74) is 1.07. The van der Waals surface area contributed by atoms with E-state index in [1.807, 2.05) is 61.9 Å². The van der Waals surface area contributed by atoms with Crippen LogP contribution in [0.15, 0.2) is 24.3 Å². The zero-order valence-corrected chi connectivity index (χ0v) is 17.2. The maximum atomic E-state index is 12.6. The third-order valence-corrected chi connectivity index (χ3v) is 4.87. The molecule has 0 bridgehead atoms. The largest absolute Gasteiger partial charge is 0.444 e. The molecule has 3 rings (SSSR count). The lowest BCUT2D eigenvalue weighted by Gasteiger charge is -2.38. The van der Waals surface area contributed by atoms with Crippen molar-refractivity contribution in [2.45, 2.75) is 51.7 Å². The number of para-hydroxylation sites is 2. The lowest BCUT2D eigenvalue weighted by Crippen LogP contribution is -2.50.